The van der Waals surface area contributed by atoms with Crippen molar-refractivity contribution in [3.63, 3.8) is 0 Å². The van der Waals surface area contributed by atoms with Crippen molar-refractivity contribution >= 4 is 34.3 Å². The summed E-state index contributed by atoms with van der Waals surface area (Å²) in [6, 6.07) is 14.4. The van der Waals surface area contributed by atoms with Gasteiger partial charge in [-0.05, 0) is 48.9 Å². The molecular weight excluding hydrogens is 338 g/mol. The maximum Gasteiger partial charge on any atom is 0.267 e. The Morgan fingerprint density at radius 2 is 1.88 bits per heavy atom. The van der Waals surface area contributed by atoms with Crippen molar-refractivity contribution < 1.29 is 9.59 Å². The first-order chi connectivity index (χ1) is 12.1. The molecule has 5 nitrogen and oxygen atoms in total. The van der Waals surface area contributed by atoms with Crippen LogP contribution in [0.2, 0.25) is 5.02 Å². The SMILES string of the molecule is CCNC(=O)c1cccc(CNC(=O)c2cc3cc(Cl)ccc3[nH]2)c1. The summed E-state index contributed by atoms with van der Waals surface area (Å²) in [6.07, 6.45) is 0. The number of H-pyrrole nitrogens is 1. The van der Waals surface area contributed by atoms with E-state index in [1.807, 2.05) is 19.1 Å². The fraction of sp³-hybridized carbons (Fsp3) is 0.158. The molecule has 0 unspecified atom stereocenters. The van der Waals surface area contributed by atoms with E-state index in [2.05, 4.69) is 15.6 Å². The van der Waals surface area contributed by atoms with Gasteiger partial charge in [0.2, 0.25) is 0 Å². The monoisotopic (exact) mass is 355 g/mol. The van der Waals surface area contributed by atoms with Crippen LogP contribution in [0.4, 0.5) is 0 Å². The molecule has 0 saturated carbocycles. The minimum atomic E-state index is -0.212. The zero-order valence-electron chi connectivity index (χ0n) is 13.7. The largest absolute Gasteiger partial charge is 0.352 e. The molecular formula is C19H18ClN3O2. The molecule has 0 aliphatic rings. The van der Waals surface area contributed by atoms with E-state index in [4.69, 9.17) is 11.6 Å². The van der Waals surface area contributed by atoms with E-state index < -0.39 is 0 Å². The zero-order chi connectivity index (χ0) is 17.8. The molecule has 2 aromatic carbocycles. The fourth-order valence-electron chi connectivity index (χ4n) is 2.59. The van der Waals surface area contributed by atoms with E-state index in [1.165, 1.54) is 0 Å². The summed E-state index contributed by atoms with van der Waals surface area (Å²) in [5.41, 5.74) is 2.76. The number of nitrogens with one attached hydrogen (secondary N) is 3. The highest BCUT2D eigenvalue weighted by molar-refractivity contribution is 6.31. The summed E-state index contributed by atoms with van der Waals surface area (Å²) in [6.45, 7) is 2.78. The summed E-state index contributed by atoms with van der Waals surface area (Å²) >= 11 is 5.96. The van der Waals surface area contributed by atoms with Gasteiger partial charge in [-0.3, -0.25) is 9.59 Å². The number of hydrogen-bond acceptors (Lipinski definition) is 2. The lowest BCUT2D eigenvalue weighted by Gasteiger charge is -2.07. The van der Waals surface area contributed by atoms with Crippen molar-refractivity contribution in [1.29, 1.82) is 0 Å². The maximum absolute atomic E-state index is 12.3. The van der Waals surface area contributed by atoms with Gasteiger partial charge in [0.25, 0.3) is 11.8 Å². The first kappa shape index (κ1) is 17.0. The van der Waals surface area contributed by atoms with Gasteiger partial charge in [-0.25, -0.2) is 0 Å². The zero-order valence-corrected chi connectivity index (χ0v) is 14.5. The Kier molecular flexibility index (Phi) is 5.05. The standard InChI is InChI=1S/C19H18ClN3O2/c1-2-21-18(24)13-5-3-4-12(8-13)11-22-19(25)17-10-14-9-15(20)6-7-16(14)23-17/h3-10,23H,2,11H2,1H3,(H,21,24)(H,22,25). The Balaban J connectivity index is 1.69. The number of carbonyl (C=O) groups excluding carboxylic acids is 2. The Hall–Kier alpha value is -2.79. The molecule has 0 spiro atoms. The molecule has 1 aromatic heterocycles. The van der Waals surface area contributed by atoms with Crippen molar-refractivity contribution in [3.8, 4) is 0 Å². The molecule has 2 amide bonds. The molecule has 1 heterocycles. The normalized spacial score (nSPS) is 10.6. The van der Waals surface area contributed by atoms with Gasteiger partial charge in [0, 0.05) is 34.6 Å². The average Bonchev–Trinajstić information content (AvgIpc) is 3.03. The highest BCUT2D eigenvalue weighted by Crippen LogP contribution is 2.20. The van der Waals surface area contributed by atoms with Crippen molar-refractivity contribution in [2.75, 3.05) is 6.54 Å². The number of hydrogen-bond donors (Lipinski definition) is 3. The van der Waals surface area contributed by atoms with Gasteiger partial charge in [-0.1, -0.05) is 23.7 Å². The predicted molar refractivity (Wildman–Crippen MR) is 98.9 cm³/mol. The third-order valence-electron chi connectivity index (χ3n) is 3.81. The smallest absolute Gasteiger partial charge is 0.267 e. The second-order valence-corrected chi connectivity index (χ2v) is 6.09. The average molecular weight is 356 g/mol. The molecule has 0 aliphatic carbocycles. The Morgan fingerprint density at radius 3 is 2.68 bits per heavy atom. The van der Waals surface area contributed by atoms with Gasteiger partial charge >= 0.3 is 0 Å². The van der Waals surface area contributed by atoms with Crippen LogP contribution in [-0.2, 0) is 6.54 Å². The lowest BCUT2D eigenvalue weighted by atomic mass is 10.1. The van der Waals surface area contributed by atoms with Gasteiger partial charge in [-0.2, -0.15) is 0 Å². The molecule has 3 rings (SSSR count). The molecule has 6 heteroatoms. The fourth-order valence-corrected chi connectivity index (χ4v) is 2.77. The van der Waals surface area contributed by atoms with Gasteiger partial charge in [0.15, 0.2) is 0 Å². The third kappa shape index (κ3) is 4.00. The van der Waals surface area contributed by atoms with Gasteiger partial charge in [-0.15, -0.1) is 0 Å². The second-order valence-electron chi connectivity index (χ2n) is 5.66. The molecule has 0 bridgehead atoms. The molecule has 3 N–H and O–H groups in total. The summed E-state index contributed by atoms with van der Waals surface area (Å²) in [7, 11) is 0. The van der Waals surface area contributed by atoms with Crippen LogP contribution in [0.3, 0.4) is 0 Å². The van der Waals surface area contributed by atoms with E-state index in [0.29, 0.717) is 29.4 Å². The highest BCUT2D eigenvalue weighted by atomic mass is 35.5. The molecule has 25 heavy (non-hydrogen) atoms. The highest BCUT2D eigenvalue weighted by Gasteiger charge is 2.10. The number of benzene rings is 2. The van der Waals surface area contributed by atoms with Gasteiger partial charge < -0.3 is 15.6 Å². The van der Waals surface area contributed by atoms with Crippen molar-refractivity contribution in [1.82, 2.24) is 15.6 Å². The van der Waals surface area contributed by atoms with Crippen molar-refractivity contribution in [2.45, 2.75) is 13.5 Å². The van der Waals surface area contributed by atoms with Crippen molar-refractivity contribution in [2.24, 2.45) is 0 Å². The Morgan fingerprint density at radius 1 is 1.04 bits per heavy atom. The minimum absolute atomic E-state index is 0.122. The van der Waals surface area contributed by atoms with Crippen LogP contribution >= 0.6 is 11.6 Å². The minimum Gasteiger partial charge on any atom is -0.352 e. The molecule has 0 saturated heterocycles. The topological polar surface area (TPSA) is 74.0 Å². The number of aromatic nitrogens is 1. The van der Waals surface area contributed by atoms with E-state index >= 15 is 0 Å². The first-order valence-electron chi connectivity index (χ1n) is 8.00. The lowest BCUT2D eigenvalue weighted by Crippen LogP contribution is -2.24. The molecule has 0 aliphatic heterocycles. The summed E-state index contributed by atoms with van der Waals surface area (Å²) in [4.78, 5) is 27.3. The number of rotatable bonds is 5. The Labute approximate surface area is 150 Å². The molecule has 0 fully saturated rings. The van der Waals surface area contributed by atoms with Gasteiger partial charge in [0.05, 0.1) is 0 Å². The lowest BCUT2D eigenvalue weighted by molar-refractivity contribution is 0.0944. The number of amides is 2. The Bertz CT molecular complexity index is 933. The maximum atomic E-state index is 12.3. The van der Waals surface area contributed by atoms with Crippen LogP contribution < -0.4 is 10.6 Å². The predicted octanol–water partition coefficient (Wildman–Crippen LogP) is 3.50. The quantitative estimate of drug-likeness (QED) is 0.655. The number of fused-ring (bicyclic) bond motifs is 1. The van der Waals surface area contributed by atoms with E-state index in [-0.39, 0.29) is 11.8 Å². The number of halogens is 1. The number of aromatic amines is 1. The summed E-state index contributed by atoms with van der Waals surface area (Å²) in [5, 5.41) is 7.12. The van der Waals surface area contributed by atoms with Crippen LogP contribution in [0.15, 0.2) is 48.5 Å². The van der Waals surface area contributed by atoms with Crippen LogP contribution in [-0.4, -0.2) is 23.3 Å². The summed E-state index contributed by atoms with van der Waals surface area (Å²) < 4.78 is 0. The van der Waals surface area contributed by atoms with E-state index in [1.54, 1.807) is 36.4 Å². The van der Waals surface area contributed by atoms with Crippen molar-refractivity contribution in [3.05, 3.63) is 70.4 Å². The van der Waals surface area contributed by atoms with Crippen LogP contribution in [0.25, 0.3) is 10.9 Å². The number of carbonyl (C=O) groups is 2. The van der Waals surface area contributed by atoms with Crippen LogP contribution in [0, 0.1) is 0 Å². The molecule has 3 aromatic rings. The molecule has 0 atom stereocenters. The first-order valence-corrected chi connectivity index (χ1v) is 8.38. The van der Waals surface area contributed by atoms with Crippen LogP contribution in [0.1, 0.15) is 33.3 Å². The van der Waals surface area contributed by atoms with E-state index in [0.717, 1.165) is 16.5 Å². The molecule has 128 valence electrons. The molecule has 0 radical (unpaired) electrons. The second kappa shape index (κ2) is 7.40. The van der Waals surface area contributed by atoms with Crippen LogP contribution in [0.5, 0.6) is 0 Å². The van der Waals surface area contributed by atoms with Gasteiger partial charge in [0.1, 0.15) is 5.69 Å². The third-order valence-corrected chi connectivity index (χ3v) is 4.04. The summed E-state index contributed by atoms with van der Waals surface area (Å²) in [5.74, 6) is -0.334. The van der Waals surface area contributed by atoms with E-state index in [9.17, 15) is 9.59 Å².